The van der Waals surface area contributed by atoms with Gasteiger partial charge in [-0.3, -0.25) is 4.79 Å². The zero-order chi connectivity index (χ0) is 15.0. The predicted molar refractivity (Wildman–Crippen MR) is 76.4 cm³/mol. The first-order valence-electron chi connectivity index (χ1n) is 7.63. The lowest BCUT2D eigenvalue weighted by atomic mass is 9.75. The molecule has 2 aliphatic heterocycles. The van der Waals surface area contributed by atoms with Gasteiger partial charge in [0.05, 0.1) is 5.54 Å². The summed E-state index contributed by atoms with van der Waals surface area (Å²) in [6, 6.07) is -0.713. The minimum absolute atomic E-state index is 0.0160. The zero-order valence-corrected chi connectivity index (χ0v) is 12.7. The van der Waals surface area contributed by atoms with E-state index in [9.17, 15) is 14.7 Å². The summed E-state index contributed by atoms with van der Waals surface area (Å²) >= 11 is 0. The molecule has 2 heterocycles. The fourth-order valence-corrected chi connectivity index (χ4v) is 3.80. The molecule has 2 saturated heterocycles. The number of amides is 1. The SMILES string of the molecule is CCC1(C(=O)N2CCCC(C)(C)C2C(=O)O)CCCN1. The van der Waals surface area contributed by atoms with E-state index in [0.717, 1.165) is 38.6 Å². The number of nitrogens with one attached hydrogen (secondary N) is 1. The van der Waals surface area contributed by atoms with Crippen LogP contribution in [0.5, 0.6) is 0 Å². The molecule has 0 aliphatic carbocycles. The Kier molecular flexibility index (Phi) is 4.09. The number of carboxylic acids is 1. The van der Waals surface area contributed by atoms with Gasteiger partial charge in [-0.1, -0.05) is 20.8 Å². The van der Waals surface area contributed by atoms with E-state index in [1.807, 2.05) is 20.8 Å². The number of carboxylic acid groups (broad SMARTS) is 1. The van der Waals surface area contributed by atoms with E-state index >= 15 is 0 Å². The van der Waals surface area contributed by atoms with E-state index in [-0.39, 0.29) is 11.3 Å². The standard InChI is InChI=1S/C15H26N2O3/c1-4-15(8-5-9-16-15)13(20)17-10-6-7-14(2,3)11(17)12(18)19/h11,16H,4-10H2,1-3H3,(H,18,19). The number of likely N-dealkylation sites (tertiary alicyclic amines) is 1. The van der Waals surface area contributed by atoms with Crippen LogP contribution in [0.25, 0.3) is 0 Å². The van der Waals surface area contributed by atoms with Crippen molar-refractivity contribution in [1.82, 2.24) is 10.2 Å². The summed E-state index contributed by atoms with van der Waals surface area (Å²) in [5.74, 6) is -0.898. The number of piperidine rings is 1. The number of hydrogen-bond acceptors (Lipinski definition) is 3. The lowest BCUT2D eigenvalue weighted by molar-refractivity contribution is -0.162. The molecule has 5 nitrogen and oxygen atoms in total. The van der Waals surface area contributed by atoms with Crippen LogP contribution in [0.1, 0.15) is 52.9 Å². The average molecular weight is 282 g/mol. The molecule has 2 fully saturated rings. The van der Waals surface area contributed by atoms with Crippen LogP contribution >= 0.6 is 0 Å². The Balaban J connectivity index is 2.29. The average Bonchev–Trinajstić information content (AvgIpc) is 2.85. The van der Waals surface area contributed by atoms with E-state index in [4.69, 9.17) is 0 Å². The number of rotatable bonds is 3. The molecule has 2 N–H and O–H groups in total. The van der Waals surface area contributed by atoms with Gasteiger partial charge in [-0.2, -0.15) is 0 Å². The van der Waals surface area contributed by atoms with Crippen molar-refractivity contribution >= 4 is 11.9 Å². The molecular formula is C15H26N2O3. The van der Waals surface area contributed by atoms with Crippen molar-refractivity contribution in [2.75, 3.05) is 13.1 Å². The quantitative estimate of drug-likeness (QED) is 0.825. The third-order valence-electron chi connectivity index (χ3n) is 5.02. The van der Waals surface area contributed by atoms with Gasteiger partial charge in [-0.25, -0.2) is 4.79 Å². The normalized spacial score (nSPS) is 33.1. The molecule has 0 aromatic heterocycles. The molecule has 0 saturated carbocycles. The molecule has 20 heavy (non-hydrogen) atoms. The van der Waals surface area contributed by atoms with Crippen molar-refractivity contribution in [1.29, 1.82) is 0 Å². The van der Waals surface area contributed by atoms with Gasteiger partial charge in [0.2, 0.25) is 5.91 Å². The van der Waals surface area contributed by atoms with Crippen LogP contribution in [0, 0.1) is 5.41 Å². The van der Waals surface area contributed by atoms with Gasteiger partial charge < -0.3 is 15.3 Å². The van der Waals surface area contributed by atoms with E-state index in [1.54, 1.807) is 4.90 Å². The van der Waals surface area contributed by atoms with Crippen LogP contribution < -0.4 is 5.32 Å². The molecule has 2 unspecified atom stereocenters. The maximum atomic E-state index is 13.0. The Bertz CT molecular complexity index is 400. The van der Waals surface area contributed by atoms with Gasteiger partial charge in [0.15, 0.2) is 0 Å². The summed E-state index contributed by atoms with van der Waals surface area (Å²) in [5.41, 5.74) is -0.908. The second-order valence-corrected chi connectivity index (χ2v) is 6.80. The van der Waals surface area contributed by atoms with Crippen LogP contribution in [0.3, 0.4) is 0 Å². The number of carbonyl (C=O) groups excluding carboxylic acids is 1. The number of aliphatic carboxylic acids is 1. The molecule has 0 aromatic carbocycles. The highest BCUT2D eigenvalue weighted by Crippen LogP contribution is 2.37. The maximum Gasteiger partial charge on any atom is 0.326 e. The first-order chi connectivity index (χ1) is 9.34. The first kappa shape index (κ1) is 15.3. The van der Waals surface area contributed by atoms with Gasteiger partial charge in [0.1, 0.15) is 6.04 Å². The highest BCUT2D eigenvalue weighted by atomic mass is 16.4. The van der Waals surface area contributed by atoms with Crippen LogP contribution in [0.2, 0.25) is 0 Å². The molecule has 0 radical (unpaired) electrons. The molecule has 2 atom stereocenters. The number of nitrogens with zero attached hydrogens (tertiary/aromatic N) is 1. The highest BCUT2D eigenvalue weighted by Gasteiger charge is 2.50. The second-order valence-electron chi connectivity index (χ2n) is 6.80. The van der Waals surface area contributed by atoms with Gasteiger partial charge in [0.25, 0.3) is 0 Å². The molecule has 5 heteroatoms. The maximum absolute atomic E-state index is 13.0. The summed E-state index contributed by atoms with van der Waals surface area (Å²) in [4.78, 5) is 26.3. The fraction of sp³-hybridized carbons (Fsp3) is 0.867. The molecule has 1 amide bonds. The monoisotopic (exact) mass is 282 g/mol. The Morgan fingerprint density at radius 1 is 1.30 bits per heavy atom. The molecule has 2 aliphatic rings. The van der Waals surface area contributed by atoms with Crippen LogP contribution in [-0.2, 0) is 9.59 Å². The third-order valence-corrected chi connectivity index (χ3v) is 5.02. The van der Waals surface area contributed by atoms with Crippen molar-refractivity contribution in [3.63, 3.8) is 0 Å². The van der Waals surface area contributed by atoms with Gasteiger partial charge in [0, 0.05) is 6.54 Å². The third kappa shape index (κ3) is 2.43. The molecule has 114 valence electrons. The van der Waals surface area contributed by atoms with E-state index < -0.39 is 17.6 Å². The topological polar surface area (TPSA) is 69.6 Å². The summed E-state index contributed by atoms with van der Waals surface area (Å²) in [7, 11) is 0. The summed E-state index contributed by atoms with van der Waals surface area (Å²) in [6.45, 7) is 7.30. The summed E-state index contributed by atoms with van der Waals surface area (Å²) in [6.07, 6.45) is 4.23. The smallest absolute Gasteiger partial charge is 0.326 e. The zero-order valence-electron chi connectivity index (χ0n) is 12.7. The first-order valence-corrected chi connectivity index (χ1v) is 7.63. The van der Waals surface area contributed by atoms with E-state index in [2.05, 4.69) is 5.32 Å². The van der Waals surface area contributed by atoms with E-state index in [0.29, 0.717) is 6.54 Å². The highest BCUT2D eigenvalue weighted by molar-refractivity contribution is 5.91. The van der Waals surface area contributed by atoms with Crippen molar-refractivity contribution in [3.05, 3.63) is 0 Å². The molecule has 2 rings (SSSR count). The van der Waals surface area contributed by atoms with E-state index in [1.165, 1.54) is 0 Å². The molecule has 0 spiro atoms. The second kappa shape index (κ2) is 5.35. The molecule has 0 aromatic rings. The minimum Gasteiger partial charge on any atom is -0.480 e. The summed E-state index contributed by atoms with van der Waals surface area (Å²) < 4.78 is 0. The van der Waals surface area contributed by atoms with Crippen LogP contribution in [-0.4, -0.2) is 46.6 Å². The Hall–Kier alpha value is -1.10. The predicted octanol–water partition coefficient (Wildman–Crippen LogP) is 1.62. The van der Waals surface area contributed by atoms with Crippen molar-refractivity contribution in [3.8, 4) is 0 Å². The van der Waals surface area contributed by atoms with Gasteiger partial charge >= 0.3 is 5.97 Å². The Morgan fingerprint density at radius 2 is 2.00 bits per heavy atom. The minimum atomic E-state index is -0.882. The lowest BCUT2D eigenvalue weighted by Gasteiger charge is -2.46. The lowest BCUT2D eigenvalue weighted by Crippen LogP contribution is -2.63. The van der Waals surface area contributed by atoms with Crippen LogP contribution in [0.4, 0.5) is 0 Å². The van der Waals surface area contributed by atoms with Gasteiger partial charge in [-0.15, -0.1) is 0 Å². The number of hydrogen-bond donors (Lipinski definition) is 2. The Labute approximate surface area is 120 Å². The van der Waals surface area contributed by atoms with Crippen molar-refractivity contribution in [2.45, 2.75) is 64.5 Å². The largest absolute Gasteiger partial charge is 0.480 e. The van der Waals surface area contributed by atoms with Crippen molar-refractivity contribution in [2.24, 2.45) is 5.41 Å². The number of carbonyl (C=O) groups is 2. The summed E-state index contributed by atoms with van der Waals surface area (Å²) in [5, 5.41) is 12.9. The fourth-order valence-electron chi connectivity index (χ4n) is 3.80. The van der Waals surface area contributed by atoms with Gasteiger partial charge in [-0.05, 0) is 44.1 Å². The van der Waals surface area contributed by atoms with Crippen molar-refractivity contribution < 1.29 is 14.7 Å². The molecule has 0 bridgehead atoms. The molecular weight excluding hydrogens is 256 g/mol. The Morgan fingerprint density at radius 3 is 2.50 bits per heavy atom. The van der Waals surface area contributed by atoms with Crippen LogP contribution in [0.15, 0.2) is 0 Å².